The van der Waals surface area contributed by atoms with Crippen molar-refractivity contribution in [1.29, 1.82) is 0 Å². The third kappa shape index (κ3) is 5.16. The summed E-state index contributed by atoms with van der Waals surface area (Å²) in [5, 5.41) is 44.9. The molecule has 0 fully saturated rings. The van der Waals surface area contributed by atoms with Crippen LogP contribution in [0.4, 0.5) is 0 Å². The van der Waals surface area contributed by atoms with Crippen LogP contribution in [0, 0.1) is 0 Å². The molecule has 9 heteroatoms. The number of hydrogen-bond acceptors (Lipinski definition) is 8. The van der Waals surface area contributed by atoms with Crippen LogP contribution in [0.15, 0.2) is 0 Å². The number of aliphatic hydroxyl groups excluding tert-OH is 5. The molecule has 0 radical (unpaired) electrons. The lowest BCUT2D eigenvalue weighted by Gasteiger charge is -2.26. The van der Waals surface area contributed by atoms with E-state index in [2.05, 4.69) is 4.18 Å². The van der Waals surface area contributed by atoms with Crippen LogP contribution in [0.3, 0.4) is 0 Å². The van der Waals surface area contributed by atoms with Crippen molar-refractivity contribution >= 4 is 10.1 Å². The first-order valence-corrected chi connectivity index (χ1v) is 6.18. The van der Waals surface area contributed by atoms with Gasteiger partial charge in [-0.25, -0.2) is 0 Å². The molecule has 0 aliphatic carbocycles. The van der Waals surface area contributed by atoms with Crippen molar-refractivity contribution in [1.82, 2.24) is 0 Å². The predicted molar refractivity (Wildman–Crippen MR) is 51.9 cm³/mol. The molecule has 0 rings (SSSR count). The van der Waals surface area contributed by atoms with Gasteiger partial charge in [0.2, 0.25) is 0 Å². The van der Waals surface area contributed by atoms with Gasteiger partial charge in [0.1, 0.15) is 24.4 Å². The lowest BCUT2D eigenvalue weighted by Crippen LogP contribution is -2.48. The average molecular weight is 260 g/mol. The fourth-order valence-electron chi connectivity index (χ4n) is 0.975. The normalized spacial score (nSPS) is 20.1. The molecule has 0 spiro atoms. The molecule has 98 valence electrons. The molecule has 0 bridgehead atoms. The Bertz CT molecular complexity index is 289. The third-order valence-corrected chi connectivity index (χ3v) is 2.39. The fraction of sp³-hybridized carbons (Fsp3) is 1.00. The largest absolute Gasteiger partial charge is 0.394 e. The van der Waals surface area contributed by atoms with Crippen LogP contribution in [0.1, 0.15) is 0 Å². The van der Waals surface area contributed by atoms with Crippen molar-refractivity contribution in [2.45, 2.75) is 24.4 Å². The minimum atomic E-state index is -3.92. The van der Waals surface area contributed by atoms with E-state index in [0.29, 0.717) is 6.26 Å². The van der Waals surface area contributed by atoms with Gasteiger partial charge in [-0.1, -0.05) is 0 Å². The van der Waals surface area contributed by atoms with E-state index in [0.717, 1.165) is 0 Å². The highest BCUT2D eigenvalue weighted by Gasteiger charge is 2.33. The van der Waals surface area contributed by atoms with Gasteiger partial charge >= 0.3 is 0 Å². The monoisotopic (exact) mass is 260 g/mol. The summed E-state index contributed by atoms with van der Waals surface area (Å²) in [5.41, 5.74) is 0. The number of aliphatic hydroxyl groups is 5. The quantitative estimate of drug-likeness (QED) is 0.295. The van der Waals surface area contributed by atoms with E-state index < -0.39 is 47.7 Å². The van der Waals surface area contributed by atoms with E-state index in [1.54, 1.807) is 0 Å². The summed E-state index contributed by atoms with van der Waals surface area (Å²) in [6.07, 6.45) is -6.23. The molecule has 0 aliphatic heterocycles. The lowest BCUT2D eigenvalue weighted by molar-refractivity contribution is -0.115. The number of rotatable bonds is 7. The highest BCUT2D eigenvalue weighted by atomic mass is 32.2. The Balaban J connectivity index is 4.58. The van der Waals surface area contributed by atoms with Crippen molar-refractivity contribution in [3.63, 3.8) is 0 Å². The SMILES string of the molecule is CS(=O)(=O)O[C@H](CO)[C@@H](O)[C@H](O)[C@@H](O)CO. The van der Waals surface area contributed by atoms with E-state index in [1.165, 1.54) is 0 Å². The first kappa shape index (κ1) is 15.7. The maximum absolute atomic E-state index is 10.7. The smallest absolute Gasteiger partial charge is 0.264 e. The Morgan fingerprint density at radius 2 is 1.56 bits per heavy atom. The molecular weight excluding hydrogens is 244 g/mol. The van der Waals surface area contributed by atoms with Crippen LogP contribution in [-0.4, -0.2) is 77.8 Å². The van der Waals surface area contributed by atoms with Crippen molar-refractivity contribution in [3.8, 4) is 0 Å². The zero-order valence-corrected chi connectivity index (χ0v) is 9.41. The molecule has 0 saturated heterocycles. The second-order valence-electron chi connectivity index (χ2n) is 3.25. The van der Waals surface area contributed by atoms with E-state index in [4.69, 9.17) is 15.3 Å². The molecular formula is C7H16O8S. The third-order valence-electron chi connectivity index (χ3n) is 1.79. The van der Waals surface area contributed by atoms with E-state index in [9.17, 15) is 18.6 Å². The molecule has 4 atom stereocenters. The molecule has 16 heavy (non-hydrogen) atoms. The Hall–Kier alpha value is -0.290. The van der Waals surface area contributed by atoms with E-state index in [1.807, 2.05) is 0 Å². The predicted octanol–water partition coefficient (Wildman–Crippen LogP) is -3.60. The topological polar surface area (TPSA) is 145 Å². The molecule has 0 aromatic rings. The van der Waals surface area contributed by atoms with Gasteiger partial charge in [0, 0.05) is 0 Å². The maximum atomic E-state index is 10.7. The number of hydrogen-bond donors (Lipinski definition) is 5. The van der Waals surface area contributed by atoms with Crippen LogP contribution in [0.5, 0.6) is 0 Å². The minimum Gasteiger partial charge on any atom is -0.394 e. The van der Waals surface area contributed by atoms with Crippen LogP contribution < -0.4 is 0 Å². The van der Waals surface area contributed by atoms with Crippen LogP contribution in [-0.2, 0) is 14.3 Å². The highest BCUT2D eigenvalue weighted by molar-refractivity contribution is 7.86. The Labute approximate surface area is 92.8 Å². The van der Waals surface area contributed by atoms with Crippen molar-refractivity contribution in [2.75, 3.05) is 19.5 Å². The maximum Gasteiger partial charge on any atom is 0.264 e. The highest BCUT2D eigenvalue weighted by Crippen LogP contribution is 2.10. The summed E-state index contributed by atoms with van der Waals surface area (Å²) in [6.45, 7) is -1.70. The molecule has 0 aliphatic rings. The van der Waals surface area contributed by atoms with Gasteiger partial charge in [-0.05, 0) is 0 Å². The summed E-state index contributed by atoms with van der Waals surface area (Å²) >= 11 is 0. The van der Waals surface area contributed by atoms with Crippen molar-refractivity contribution in [3.05, 3.63) is 0 Å². The molecule has 0 aromatic heterocycles. The molecule has 8 nitrogen and oxygen atoms in total. The van der Waals surface area contributed by atoms with Crippen LogP contribution in [0.2, 0.25) is 0 Å². The summed E-state index contributed by atoms with van der Waals surface area (Å²) < 4.78 is 25.7. The second-order valence-corrected chi connectivity index (χ2v) is 4.85. The van der Waals surface area contributed by atoms with E-state index in [-0.39, 0.29) is 0 Å². The van der Waals surface area contributed by atoms with Gasteiger partial charge in [0.15, 0.2) is 0 Å². The second kappa shape index (κ2) is 6.45. The first-order chi connectivity index (χ1) is 7.22. The minimum absolute atomic E-state index is 0.706. The van der Waals surface area contributed by atoms with Crippen molar-refractivity contribution in [2.24, 2.45) is 0 Å². The van der Waals surface area contributed by atoms with Gasteiger partial charge in [0.05, 0.1) is 19.5 Å². The van der Waals surface area contributed by atoms with Gasteiger partial charge in [-0.15, -0.1) is 0 Å². The lowest BCUT2D eigenvalue weighted by atomic mass is 10.0. The van der Waals surface area contributed by atoms with Gasteiger partial charge in [-0.3, -0.25) is 4.18 Å². The summed E-state index contributed by atoms with van der Waals surface area (Å²) in [6, 6.07) is 0. The fourth-order valence-corrected chi connectivity index (χ4v) is 1.60. The van der Waals surface area contributed by atoms with Gasteiger partial charge < -0.3 is 25.5 Å². The van der Waals surface area contributed by atoms with Gasteiger partial charge in [0.25, 0.3) is 10.1 Å². The first-order valence-electron chi connectivity index (χ1n) is 4.37. The average Bonchev–Trinajstić information content (AvgIpc) is 2.21. The Morgan fingerprint density at radius 1 is 1.06 bits per heavy atom. The van der Waals surface area contributed by atoms with Crippen LogP contribution >= 0.6 is 0 Å². The molecule has 0 aromatic carbocycles. The van der Waals surface area contributed by atoms with Crippen LogP contribution in [0.25, 0.3) is 0 Å². The molecule has 0 heterocycles. The van der Waals surface area contributed by atoms with E-state index >= 15 is 0 Å². The Kier molecular flexibility index (Phi) is 6.33. The van der Waals surface area contributed by atoms with Crippen molar-refractivity contribution < 1.29 is 38.1 Å². The summed E-state index contributed by atoms with van der Waals surface area (Å²) in [4.78, 5) is 0. The molecule has 5 N–H and O–H groups in total. The summed E-state index contributed by atoms with van der Waals surface area (Å²) in [5.74, 6) is 0. The molecule has 0 unspecified atom stereocenters. The zero-order chi connectivity index (χ0) is 12.9. The standard InChI is InChI=1S/C7H16O8S/c1-16(13,14)15-5(3-9)7(12)6(11)4(10)2-8/h4-12H,2-3H2,1H3/t4-,5+,6+,7+/m0/s1. The Morgan fingerprint density at radius 3 is 1.88 bits per heavy atom. The molecule has 0 amide bonds. The summed E-state index contributed by atoms with van der Waals surface area (Å²) in [7, 11) is -3.92. The zero-order valence-electron chi connectivity index (χ0n) is 8.59. The van der Waals surface area contributed by atoms with Gasteiger partial charge in [-0.2, -0.15) is 8.42 Å². The molecule has 0 saturated carbocycles.